The summed E-state index contributed by atoms with van der Waals surface area (Å²) in [7, 11) is 6.14. The van der Waals surface area contributed by atoms with Crippen molar-refractivity contribution in [2.75, 3.05) is 52.2 Å². The number of likely N-dealkylation sites (N-methyl/N-ethyl adjacent to an activating group) is 1. The summed E-state index contributed by atoms with van der Waals surface area (Å²) in [5.41, 5.74) is 4.64. The Morgan fingerprint density at radius 2 is 1.70 bits per heavy atom. The van der Waals surface area contributed by atoms with E-state index in [1.807, 2.05) is 49.0 Å². The Hall–Kier alpha value is -3.64. The normalized spacial score (nSPS) is 14.7. The standard InChI is InChI=1S/C27H27N3O3/c1-28(2)18-8-10-22-24(16-18)33-25-17-19(30-14-12-29(3)13-15-30)9-11-23(25)26(22)20-6-4-5-7-21(20)27(31)32/h4-11,16-17H,12-15H2,1-3H3/p+1. The fourth-order valence-corrected chi connectivity index (χ4v) is 4.58. The molecular weight excluding hydrogens is 414 g/mol. The molecule has 5 rings (SSSR count). The summed E-state index contributed by atoms with van der Waals surface area (Å²) in [6.07, 6.45) is 0. The van der Waals surface area contributed by atoms with Crippen LogP contribution in [-0.2, 0) is 0 Å². The molecule has 0 unspecified atom stereocenters. The van der Waals surface area contributed by atoms with Crippen LogP contribution in [0.5, 0.6) is 0 Å². The second-order valence-electron chi connectivity index (χ2n) is 8.87. The maximum Gasteiger partial charge on any atom is 0.336 e. The molecule has 1 saturated heterocycles. The Morgan fingerprint density at radius 1 is 0.939 bits per heavy atom. The summed E-state index contributed by atoms with van der Waals surface area (Å²) in [5, 5.41) is 11.8. The van der Waals surface area contributed by atoms with Crippen molar-refractivity contribution >= 4 is 22.6 Å². The van der Waals surface area contributed by atoms with E-state index < -0.39 is 5.97 Å². The van der Waals surface area contributed by atoms with E-state index in [4.69, 9.17) is 4.42 Å². The average molecular weight is 443 g/mol. The number of anilines is 1. The summed E-state index contributed by atoms with van der Waals surface area (Å²) in [4.78, 5) is 16.8. The van der Waals surface area contributed by atoms with Crippen LogP contribution in [0, 0.1) is 0 Å². The number of carboxylic acid groups (broad SMARTS) is 1. The van der Waals surface area contributed by atoms with Crippen LogP contribution in [0.25, 0.3) is 33.4 Å². The minimum atomic E-state index is -0.938. The Labute approximate surface area is 193 Å². The number of piperazine rings is 1. The summed E-state index contributed by atoms with van der Waals surface area (Å²) >= 11 is 0. The third kappa shape index (κ3) is 3.87. The molecule has 0 bridgehead atoms. The zero-order chi connectivity index (χ0) is 23.1. The van der Waals surface area contributed by atoms with Crippen molar-refractivity contribution in [2.45, 2.75) is 0 Å². The van der Waals surface area contributed by atoms with E-state index in [-0.39, 0.29) is 5.56 Å². The molecule has 6 heteroatoms. The Bertz CT molecular complexity index is 1390. The second kappa shape index (κ2) is 8.37. The van der Waals surface area contributed by atoms with Gasteiger partial charge in [-0.2, -0.15) is 0 Å². The fourth-order valence-electron chi connectivity index (χ4n) is 4.58. The molecule has 2 aliphatic heterocycles. The van der Waals surface area contributed by atoms with Crippen molar-refractivity contribution in [3.63, 3.8) is 0 Å². The second-order valence-corrected chi connectivity index (χ2v) is 8.87. The lowest BCUT2D eigenvalue weighted by Gasteiger charge is -2.34. The fraction of sp³-hybridized carbons (Fsp3) is 0.259. The number of benzene rings is 3. The van der Waals surface area contributed by atoms with Gasteiger partial charge in [-0.25, -0.2) is 9.37 Å². The summed E-state index contributed by atoms with van der Waals surface area (Å²) in [5.74, 6) is -0.203. The molecule has 6 nitrogen and oxygen atoms in total. The first-order chi connectivity index (χ1) is 15.9. The topological polar surface area (TPSA) is 59.9 Å². The predicted octanol–water partition coefficient (Wildman–Crippen LogP) is 3.69. The van der Waals surface area contributed by atoms with E-state index in [9.17, 15) is 9.90 Å². The van der Waals surface area contributed by atoms with E-state index in [1.165, 1.54) is 0 Å². The van der Waals surface area contributed by atoms with Crippen LogP contribution in [0.1, 0.15) is 10.4 Å². The highest BCUT2D eigenvalue weighted by Gasteiger charge is 2.23. The smallest absolute Gasteiger partial charge is 0.336 e. The molecule has 33 heavy (non-hydrogen) atoms. The van der Waals surface area contributed by atoms with Crippen LogP contribution >= 0.6 is 0 Å². The summed E-state index contributed by atoms with van der Waals surface area (Å²) in [6.45, 7) is 3.98. The first kappa shape index (κ1) is 21.2. The van der Waals surface area contributed by atoms with E-state index >= 15 is 0 Å². The third-order valence-corrected chi connectivity index (χ3v) is 6.50. The zero-order valence-electron chi connectivity index (χ0n) is 19.2. The number of fused-ring (bicyclic) bond motifs is 2. The lowest BCUT2D eigenvalue weighted by Crippen LogP contribution is -2.44. The number of nitrogens with zero attached hydrogens (tertiary/aromatic N) is 3. The van der Waals surface area contributed by atoms with Gasteiger partial charge in [0.2, 0.25) is 5.36 Å². The number of carbonyl (C=O) groups is 1. The Balaban J connectivity index is 1.80. The van der Waals surface area contributed by atoms with Gasteiger partial charge in [-0.05, 0) is 36.9 Å². The average Bonchev–Trinajstić information content (AvgIpc) is 2.82. The Kier molecular flexibility index (Phi) is 5.38. The van der Waals surface area contributed by atoms with Crippen LogP contribution in [0.3, 0.4) is 0 Å². The minimum absolute atomic E-state index is 0.283. The van der Waals surface area contributed by atoms with Gasteiger partial charge in [-0.1, -0.05) is 18.2 Å². The van der Waals surface area contributed by atoms with E-state index in [0.29, 0.717) is 5.56 Å². The van der Waals surface area contributed by atoms with Crippen molar-refractivity contribution < 1.29 is 14.3 Å². The molecule has 2 heterocycles. The van der Waals surface area contributed by atoms with Gasteiger partial charge >= 0.3 is 5.97 Å². The third-order valence-electron chi connectivity index (χ3n) is 6.50. The maximum absolute atomic E-state index is 12.1. The molecule has 1 N–H and O–H groups in total. The predicted molar refractivity (Wildman–Crippen MR) is 132 cm³/mol. The van der Waals surface area contributed by atoms with Gasteiger partial charge in [0, 0.05) is 60.5 Å². The van der Waals surface area contributed by atoms with Crippen LogP contribution < -0.4 is 14.8 Å². The lowest BCUT2D eigenvalue weighted by atomic mass is 9.90. The SMILES string of the molecule is CN1CCN(c2ccc3c(-c4ccccc4C(=O)O)c4ccc(=[N+](C)C)cc-4oc3c2)CC1. The van der Waals surface area contributed by atoms with Gasteiger partial charge in [-0.3, -0.25) is 0 Å². The number of carboxylic acids is 1. The molecule has 2 aromatic rings. The van der Waals surface area contributed by atoms with Gasteiger partial charge in [0.25, 0.3) is 0 Å². The van der Waals surface area contributed by atoms with Crippen molar-refractivity contribution in [2.24, 2.45) is 0 Å². The number of hydrogen-bond acceptors (Lipinski definition) is 4. The molecule has 0 atom stereocenters. The Morgan fingerprint density at radius 3 is 2.42 bits per heavy atom. The highest BCUT2D eigenvalue weighted by atomic mass is 16.4. The van der Waals surface area contributed by atoms with Gasteiger partial charge in [0.05, 0.1) is 11.6 Å². The first-order valence-corrected chi connectivity index (χ1v) is 11.2. The number of aromatic carboxylic acids is 1. The summed E-state index contributed by atoms with van der Waals surface area (Å²) < 4.78 is 8.47. The van der Waals surface area contributed by atoms with Crippen molar-refractivity contribution in [1.82, 2.24) is 9.48 Å². The molecule has 1 fully saturated rings. The van der Waals surface area contributed by atoms with E-state index in [2.05, 4.69) is 35.0 Å². The largest absolute Gasteiger partial charge is 0.478 e. The number of rotatable bonds is 3. The van der Waals surface area contributed by atoms with Gasteiger partial charge < -0.3 is 19.3 Å². The van der Waals surface area contributed by atoms with Crippen molar-refractivity contribution in [3.8, 4) is 22.5 Å². The zero-order valence-corrected chi connectivity index (χ0v) is 19.2. The van der Waals surface area contributed by atoms with Crippen molar-refractivity contribution in [1.29, 1.82) is 0 Å². The molecule has 0 amide bonds. The van der Waals surface area contributed by atoms with E-state index in [0.717, 1.165) is 65.1 Å². The number of hydrogen-bond donors (Lipinski definition) is 1. The maximum atomic E-state index is 12.1. The molecule has 2 aromatic carbocycles. The molecule has 0 spiro atoms. The highest BCUT2D eigenvalue weighted by Crippen LogP contribution is 2.42. The van der Waals surface area contributed by atoms with Crippen molar-refractivity contribution in [3.05, 3.63) is 71.6 Å². The molecule has 0 radical (unpaired) electrons. The molecule has 3 aliphatic rings. The van der Waals surface area contributed by atoms with Gasteiger partial charge in [0.1, 0.15) is 25.4 Å². The van der Waals surface area contributed by atoms with Crippen LogP contribution in [0.4, 0.5) is 5.69 Å². The van der Waals surface area contributed by atoms with Gasteiger partial charge in [-0.15, -0.1) is 0 Å². The molecule has 168 valence electrons. The summed E-state index contributed by atoms with van der Waals surface area (Å²) in [6, 6.07) is 19.6. The molecule has 0 saturated carbocycles. The first-order valence-electron chi connectivity index (χ1n) is 11.2. The minimum Gasteiger partial charge on any atom is -0.478 e. The lowest BCUT2D eigenvalue weighted by molar-refractivity contribution is 0.0697. The van der Waals surface area contributed by atoms with Crippen LogP contribution in [0.2, 0.25) is 0 Å². The highest BCUT2D eigenvalue weighted by molar-refractivity contribution is 6.07. The molecule has 0 aromatic heterocycles. The van der Waals surface area contributed by atoms with Crippen LogP contribution in [0.15, 0.2) is 65.1 Å². The van der Waals surface area contributed by atoms with Crippen LogP contribution in [-0.4, -0.2) is 63.3 Å². The monoisotopic (exact) mass is 442 g/mol. The molecule has 1 aliphatic carbocycles. The van der Waals surface area contributed by atoms with Gasteiger partial charge in [0.15, 0.2) is 0 Å². The quantitative estimate of drug-likeness (QED) is 0.387. The molecular formula is C27H28N3O3+. The van der Waals surface area contributed by atoms with E-state index in [1.54, 1.807) is 12.1 Å².